The van der Waals surface area contributed by atoms with Crippen LogP contribution in [0.4, 0.5) is 0 Å². The van der Waals surface area contributed by atoms with Gasteiger partial charge in [-0.3, -0.25) is 4.79 Å². The zero-order chi connectivity index (χ0) is 13.1. The first-order chi connectivity index (χ1) is 7.84. The lowest BCUT2D eigenvalue weighted by molar-refractivity contribution is -0.149. The SMILES string of the molecule is COC(=O)[C@@H](Cc1ccc(C)cc1)C(C)(C)C. The first-order valence-electron chi connectivity index (χ1n) is 5.98. The third-order valence-electron chi connectivity index (χ3n) is 3.09. The molecule has 0 aromatic heterocycles. The van der Waals surface area contributed by atoms with Gasteiger partial charge in [0.25, 0.3) is 0 Å². The summed E-state index contributed by atoms with van der Waals surface area (Å²) >= 11 is 0. The van der Waals surface area contributed by atoms with Crippen LogP contribution in [-0.4, -0.2) is 13.1 Å². The van der Waals surface area contributed by atoms with E-state index in [4.69, 9.17) is 4.74 Å². The van der Waals surface area contributed by atoms with E-state index in [2.05, 4.69) is 52.0 Å². The zero-order valence-electron chi connectivity index (χ0n) is 11.4. The second-order valence-electron chi connectivity index (χ2n) is 5.63. The molecule has 2 heteroatoms. The summed E-state index contributed by atoms with van der Waals surface area (Å²) in [6.07, 6.45) is 0.733. The summed E-state index contributed by atoms with van der Waals surface area (Å²) in [5.74, 6) is -0.228. The van der Waals surface area contributed by atoms with Crippen molar-refractivity contribution in [3.8, 4) is 0 Å². The van der Waals surface area contributed by atoms with Crippen LogP contribution in [0.25, 0.3) is 0 Å². The van der Waals surface area contributed by atoms with Crippen molar-refractivity contribution in [2.24, 2.45) is 11.3 Å². The molecule has 0 aliphatic heterocycles. The summed E-state index contributed by atoms with van der Waals surface area (Å²) in [6, 6.07) is 8.31. The Morgan fingerprint density at radius 1 is 1.24 bits per heavy atom. The average Bonchev–Trinajstić information content (AvgIpc) is 2.25. The van der Waals surface area contributed by atoms with E-state index in [1.165, 1.54) is 18.2 Å². The molecular formula is C15H22O2. The second kappa shape index (κ2) is 5.35. The van der Waals surface area contributed by atoms with Gasteiger partial charge in [0.05, 0.1) is 13.0 Å². The van der Waals surface area contributed by atoms with E-state index in [1.807, 2.05) is 0 Å². The molecule has 0 heterocycles. The number of esters is 1. The lowest BCUT2D eigenvalue weighted by atomic mass is 9.77. The Balaban J connectivity index is 2.87. The quantitative estimate of drug-likeness (QED) is 0.749. The van der Waals surface area contributed by atoms with Crippen LogP contribution in [0.15, 0.2) is 24.3 Å². The minimum atomic E-state index is -0.127. The molecule has 1 aromatic carbocycles. The van der Waals surface area contributed by atoms with Crippen LogP contribution in [0.1, 0.15) is 31.9 Å². The van der Waals surface area contributed by atoms with Crippen LogP contribution in [0.5, 0.6) is 0 Å². The molecule has 1 rings (SSSR count). The number of ether oxygens (including phenoxy) is 1. The van der Waals surface area contributed by atoms with E-state index in [0.29, 0.717) is 0 Å². The number of carbonyl (C=O) groups excluding carboxylic acids is 1. The second-order valence-corrected chi connectivity index (χ2v) is 5.63. The maximum absolute atomic E-state index is 11.8. The van der Waals surface area contributed by atoms with Crippen LogP contribution in [0, 0.1) is 18.3 Å². The highest BCUT2D eigenvalue weighted by Gasteiger charge is 2.32. The Hall–Kier alpha value is -1.31. The van der Waals surface area contributed by atoms with Crippen molar-refractivity contribution in [1.82, 2.24) is 0 Å². The molecule has 0 saturated carbocycles. The summed E-state index contributed by atoms with van der Waals surface area (Å²) in [4.78, 5) is 11.8. The monoisotopic (exact) mass is 234 g/mol. The van der Waals surface area contributed by atoms with Gasteiger partial charge < -0.3 is 4.74 Å². The molecule has 0 radical (unpaired) electrons. The molecule has 1 atom stereocenters. The zero-order valence-corrected chi connectivity index (χ0v) is 11.4. The first kappa shape index (κ1) is 13.8. The third-order valence-corrected chi connectivity index (χ3v) is 3.09. The van der Waals surface area contributed by atoms with Gasteiger partial charge in [-0.1, -0.05) is 50.6 Å². The molecule has 0 saturated heterocycles. The Bertz CT molecular complexity index is 371. The Kier molecular flexibility index (Phi) is 4.33. The lowest BCUT2D eigenvalue weighted by Gasteiger charge is -2.28. The van der Waals surface area contributed by atoms with Crippen molar-refractivity contribution in [3.05, 3.63) is 35.4 Å². The normalized spacial score (nSPS) is 13.2. The lowest BCUT2D eigenvalue weighted by Crippen LogP contribution is -2.31. The third kappa shape index (κ3) is 3.88. The highest BCUT2D eigenvalue weighted by Crippen LogP contribution is 2.30. The van der Waals surface area contributed by atoms with Crippen LogP contribution < -0.4 is 0 Å². The Labute approximate surface area is 104 Å². The van der Waals surface area contributed by atoms with Crippen molar-refractivity contribution in [1.29, 1.82) is 0 Å². The van der Waals surface area contributed by atoms with E-state index in [0.717, 1.165) is 6.42 Å². The number of aryl methyl sites for hydroxylation is 1. The molecular weight excluding hydrogens is 212 g/mol. The molecule has 0 unspecified atom stereocenters. The van der Waals surface area contributed by atoms with Crippen molar-refractivity contribution < 1.29 is 9.53 Å². The first-order valence-corrected chi connectivity index (χ1v) is 5.98. The summed E-state index contributed by atoms with van der Waals surface area (Å²) < 4.78 is 4.90. The van der Waals surface area contributed by atoms with E-state index < -0.39 is 0 Å². The molecule has 2 nitrogen and oxygen atoms in total. The summed E-state index contributed by atoms with van der Waals surface area (Å²) in [7, 11) is 1.45. The van der Waals surface area contributed by atoms with Gasteiger partial charge in [0.15, 0.2) is 0 Å². The number of methoxy groups -OCH3 is 1. The highest BCUT2D eigenvalue weighted by atomic mass is 16.5. The summed E-state index contributed by atoms with van der Waals surface area (Å²) in [5.41, 5.74) is 2.33. The smallest absolute Gasteiger partial charge is 0.309 e. The van der Waals surface area contributed by atoms with E-state index in [1.54, 1.807) is 0 Å². The topological polar surface area (TPSA) is 26.3 Å². The van der Waals surface area contributed by atoms with Crippen molar-refractivity contribution >= 4 is 5.97 Å². The molecule has 0 spiro atoms. The molecule has 0 bridgehead atoms. The van der Waals surface area contributed by atoms with Gasteiger partial charge in [-0.25, -0.2) is 0 Å². The molecule has 94 valence electrons. The van der Waals surface area contributed by atoms with Gasteiger partial charge in [0, 0.05) is 0 Å². The van der Waals surface area contributed by atoms with Crippen molar-refractivity contribution in [2.75, 3.05) is 7.11 Å². The highest BCUT2D eigenvalue weighted by molar-refractivity contribution is 5.73. The van der Waals surface area contributed by atoms with Crippen LogP contribution in [0.3, 0.4) is 0 Å². The molecule has 0 fully saturated rings. The number of hydrogen-bond donors (Lipinski definition) is 0. The maximum atomic E-state index is 11.8. The minimum Gasteiger partial charge on any atom is -0.469 e. The van der Waals surface area contributed by atoms with Crippen LogP contribution in [0.2, 0.25) is 0 Å². The average molecular weight is 234 g/mol. The predicted octanol–water partition coefficient (Wildman–Crippen LogP) is 3.37. The van der Waals surface area contributed by atoms with Crippen LogP contribution >= 0.6 is 0 Å². The maximum Gasteiger partial charge on any atom is 0.309 e. The number of rotatable bonds is 3. The van der Waals surface area contributed by atoms with E-state index in [-0.39, 0.29) is 17.3 Å². The van der Waals surface area contributed by atoms with Gasteiger partial charge >= 0.3 is 5.97 Å². The largest absolute Gasteiger partial charge is 0.469 e. The van der Waals surface area contributed by atoms with Gasteiger partial charge in [-0.2, -0.15) is 0 Å². The minimum absolute atomic E-state index is 0.0853. The standard InChI is InChI=1S/C15H22O2/c1-11-6-8-12(9-7-11)10-13(14(16)17-5)15(2,3)4/h6-9,13H,10H2,1-5H3/t13-/m1/s1. The Morgan fingerprint density at radius 3 is 2.18 bits per heavy atom. The number of benzene rings is 1. The predicted molar refractivity (Wildman–Crippen MR) is 69.8 cm³/mol. The molecule has 0 aliphatic carbocycles. The van der Waals surface area contributed by atoms with E-state index in [9.17, 15) is 4.79 Å². The number of hydrogen-bond acceptors (Lipinski definition) is 2. The Morgan fingerprint density at radius 2 is 1.76 bits per heavy atom. The van der Waals surface area contributed by atoms with E-state index >= 15 is 0 Å². The van der Waals surface area contributed by atoms with Crippen LogP contribution in [-0.2, 0) is 16.0 Å². The van der Waals surface area contributed by atoms with Gasteiger partial charge in [0.2, 0.25) is 0 Å². The molecule has 0 N–H and O–H groups in total. The van der Waals surface area contributed by atoms with Gasteiger partial charge in [0.1, 0.15) is 0 Å². The van der Waals surface area contributed by atoms with Gasteiger partial charge in [-0.05, 0) is 24.3 Å². The fourth-order valence-electron chi connectivity index (χ4n) is 1.85. The molecule has 17 heavy (non-hydrogen) atoms. The summed E-state index contributed by atoms with van der Waals surface area (Å²) in [6.45, 7) is 8.28. The molecule has 0 aliphatic rings. The fraction of sp³-hybridized carbons (Fsp3) is 0.533. The fourth-order valence-corrected chi connectivity index (χ4v) is 1.85. The van der Waals surface area contributed by atoms with Crippen molar-refractivity contribution in [3.63, 3.8) is 0 Å². The van der Waals surface area contributed by atoms with Crippen molar-refractivity contribution in [2.45, 2.75) is 34.1 Å². The molecule has 0 amide bonds. The summed E-state index contributed by atoms with van der Waals surface area (Å²) in [5, 5.41) is 0. The molecule has 1 aromatic rings. The number of carbonyl (C=O) groups is 1. The van der Waals surface area contributed by atoms with Gasteiger partial charge in [-0.15, -0.1) is 0 Å².